The van der Waals surface area contributed by atoms with Crippen LogP contribution in [-0.4, -0.2) is 46.0 Å². The highest BCUT2D eigenvalue weighted by Gasteiger charge is 2.19. The number of sulfonamides is 1. The predicted molar refractivity (Wildman–Crippen MR) is 73.8 cm³/mol. The predicted octanol–water partition coefficient (Wildman–Crippen LogP) is 1.07. The van der Waals surface area contributed by atoms with Gasteiger partial charge < -0.3 is 10.1 Å². The average Bonchev–Trinajstić information content (AvgIpc) is 3.19. The Labute approximate surface area is 114 Å². The first-order chi connectivity index (χ1) is 9.00. The number of ether oxygens (including phenoxy) is 1. The molecule has 106 valence electrons. The van der Waals surface area contributed by atoms with E-state index >= 15 is 0 Å². The van der Waals surface area contributed by atoms with Gasteiger partial charge in [0.25, 0.3) is 0 Å². The molecule has 0 saturated heterocycles. The SMILES string of the molecule is CN(C)S(=O)(=O)c1ccc(OCCNC2CC2)cc1. The minimum Gasteiger partial charge on any atom is -0.492 e. The van der Waals surface area contributed by atoms with Crippen molar-refractivity contribution in [3.8, 4) is 5.75 Å². The first-order valence-electron chi connectivity index (χ1n) is 6.39. The molecule has 1 N–H and O–H groups in total. The lowest BCUT2D eigenvalue weighted by Crippen LogP contribution is -2.23. The molecule has 1 saturated carbocycles. The van der Waals surface area contributed by atoms with E-state index < -0.39 is 10.0 Å². The van der Waals surface area contributed by atoms with Crippen LogP contribution >= 0.6 is 0 Å². The maximum Gasteiger partial charge on any atom is 0.242 e. The summed E-state index contributed by atoms with van der Waals surface area (Å²) in [5, 5.41) is 3.35. The minimum absolute atomic E-state index is 0.279. The summed E-state index contributed by atoms with van der Waals surface area (Å²) >= 11 is 0. The molecular formula is C13H20N2O3S. The Morgan fingerprint density at radius 2 is 1.89 bits per heavy atom. The second-order valence-electron chi connectivity index (χ2n) is 4.84. The fourth-order valence-corrected chi connectivity index (χ4v) is 2.54. The number of hydrogen-bond donors (Lipinski definition) is 1. The number of hydrogen-bond acceptors (Lipinski definition) is 4. The molecule has 0 aliphatic heterocycles. The van der Waals surface area contributed by atoms with Gasteiger partial charge in [-0.15, -0.1) is 0 Å². The maximum absolute atomic E-state index is 11.9. The van der Waals surface area contributed by atoms with Crippen LogP contribution in [0.15, 0.2) is 29.2 Å². The summed E-state index contributed by atoms with van der Waals surface area (Å²) < 4.78 is 30.5. The van der Waals surface area contributed by atoms with Crippen LogP contribution in [0.4, 0.5) is 0 Å². The van der Waals surface area contributed by atoms with Crippen LogP contribution in [0, 0.1) is 0 Å². The van der Waals surface area contributed by atoms with Crippen LogP contribution < -0.4 is 10.1 Å². The lowest BCUT2D eigenvalue weighted by Gasteiger charge is -2.12. The van der Waals surface area contributed by atoms with E-state index in [-0.39, 0.29) is 4.90 Å². The van der Waals surface area contributed by atoms with Crippen LogP contribution in [0.2, 0.25) is 0 Å². The Balaban J connectivity index is 1.87. The molecule has 5 nitrogen and oxygen atoms in total. The second-order valence-corrected chi connectivity index (χ2v) is 6.99. The van der Waals surface area contributed by atoms with Gasteiger partial charge in [-0.3, -0.25) is 0 Å². The zero-order valence-corrected chi connectivity index (χ0v) is 12.1. The molecule has 0 heterocycles. The molecule has 1 fully saturated rings. The Bertz CT molecular complexity index is 507. The van der Waals surface area contributed by atoms with Gasteiger partial charge in [-0.2, -0.15) is 0 Å². The van der Waals surface area contributed by atoms with Crippen molar-refractivity contribution in [1.82, 2.24) is 9.62 Å². The Morgan fingerprint density at radius 1 is 1.26 bits per heavy atom. The van der Waals surface area contributed by atoms with Crippen LogP contribution in [0.25, 0.3) is 0 Å². The number of nitrogens with one attached hydrogen (secondary N) is 1. The summed E-state index contributed by atoms with van der Waals surface area (Å²) in [6.07, 6.45) is 2.52. The molecule has 1 aliphatic carbocycles. The van der Waals surface area contributed by atoms with E-state index in [2.05, 4.69) is 5.32 Å². The molecular weight excluding hydrogens is 264 g/mol. The van der Waals surface area contributed by atoms with Gasteiger partial charge in [0, 0.05) is 26.7 Å². The number of nitrogens with zero attached hydrogens (tertiary/aromatic N) is 1. The van der Waals surface area contributed by atoms with Crippen LogP contribution in [0.5, 0.6) is 5.75 Å². The lowest BCUT2D eigenvalue weighted by atomic mass is 10.3. The van der Waals surface area contributed by atoms with Gasteiger partial charge in [-0.05, 0) is 37.1 Å². The van der Waals surface area contributed by atoms with Gasteiger partial charge in [-0.25, -0.2) is 12.7 Å². The molecule has 0 bridgehead atoms. The van der Waals surface area contributed by atoms with Gasteiger partial charge in [0.1, 0.15) is 12.4 Å². The highest BCUT2D eigenvalue weighted by atomic mass is 32.2. The van der Waals surface area contributed by atoms with Crippen molar-refractivity contribution in [3.05, 3.63) is 24.3 Å². The lowest BCUT2D eigenvalue weighted by molar-refractivity contribution is 0.313. The van der Waals surface area contributed by atoms with E-state index in [1.807, 2.05) is 0 Å². The molecule has 0 atom stereocenters. The Kier molecular flexibility index (Phi) is 4.44. The van der Waals surface area contributed by atoms with E-state index in [1.54, 1.807) is 24.3 Å². The molecule has 0 radical (unpaired) electrons. The minimum atomic E-state index is -3.36. The van der Waals surface area contributed by atoms with Crippen molar-refractivity contribution in [2.24, 2.45) is 0 Å². The topological polar surface area (TPSA) is 58.6 Å². The van der Waals surface area contributed by atoms with E-state index in [9.17, 15) is 8.42 Å². The molecule has 1 aromatic rings. The van der Waals surface area contributed by atoms with E-state index in [1.165, 1.54) is 31.2 Å². The van der Waals surface area contributed by atoms with Gasteiger partial charge in [0.2, 0.25) is 10.0 Å². The average molecular weight is 284 g/mol. The van der Waals surface area contributed by atoms with E-state index in [0.29, 0.717) is 18.4 Å². The standard InChI is InChI=1S/C13H20N2O3S/c1-15(2)19(16,17)13-7-5-12(6-8-13)18-10-9-14-11-3-4-11/h5-8,11,14H,3-4,9-10H2,1-2H3. The zero-order chi connectivity index (χ0) is 13.9. The molecule has 1 aliphatic rings. The summed E-state index contributed by atoms with van der Waals surface area (Å²) in [6, 6.07) is 7.19. The van der Waals surface area contributed by atoms with Crippen molar-refractivity contribution in [2.45, 2.75) is 23.8 Å². The highest BCUT2D eigenvalue weighted by Crippen LogP contribution is 2.19. The van der Waals surface area contributed by atoms with Gasteiger partial charge in [-0.1, -0.05) is 0 Å². The summed E-state index contributed by atoms with van der Waals surface area (Å²) in [4.78, 5) is 0.279. The molecule has 0 spiro atoms. The molecule has 0 amide bonds. The normalized spacial score (nSPS) is 15.7. The monoisotopic (exact) mass is 284 g/mol. The van der Waals surface area contributed by atoms with Crippen molar-refractivity contribution in [1.29, 1.82) is 0 Å². The number of benzene rings is 1. The summed E-state index contributed by atoms with van der Waals surface area (Å²) in [6.45, 7) is 1.42. The quantitative estimate of drug-likeness (QED) is 0.761. The zero-order valence-electron chi connectivity index (χ0n) is 11.3. The smallest absolute Gasteiger partial charge is 0.242 e. The molecule has 0 unspecified atom stereocenters. The summed E-state index contributed by atoms with van der Waals surface area (Å²) in [5.41, 5.74) is 0. The second kappa shape index (κ2) is 5.90. The Morgan fingerprint density at radius 3 is 2.42 bits per heavy atom. The molecule has 6 heteroatoms. The van der Waals surface area contributed by atoms with E-state index in [0.717, 1.165) is 6.54 Å². The highest BCUT2D eigenvalue weighted by molar-refractivity contribution is 7.89. The molecule has 0 aromatic heterocycles. The fourth-order valence-electron chi connectivity index (χ4n) is 1.64. The first-order valence-corrected chi connectivity index (χ1v) is 7.83. The summed E-state index contributed by atoms with van der Waals surface area (Å²) in [7, 11) is -0.322. The summed E-state index contributed by atoms with van der Waals surface area (Å²) in [5.74, 6) is 0.690. The third-order valence-corrected chi connectivity index (χ3v) is 4.81. The van der Waals surface area contributed by atoms with Crippen LogP contribution in [0.3, 0.4) is 0 Å². The van der Waals surface area contributed by atoms with Crippen molar-refractivity contribution in [3.63, 3.8) is 0 Å². The largest absolute Gasteiger partial charge is 0.492 e. The molecule has 2 rings (SSSR count). The molecule has 1 aromatic carbocycles. The third-order valence-electron chi connectivity index (χ3n) is 2.98. The molecule has 19 heavy (non-hydrogen) atoms. The first kappa shape index (κ1) is 14.3. The third kappa shape index (κ3) is 3.92. The van der Waals surface area contributed by atoms with Gasteiger partial charge in [0.05, 0.1) is 4.90 Å². The van der Waals surface area contributed by atoms with Crippen LogP contribution in [0.1, 0.15) is 12.8 Å². The van der Waals surface area contributed by atoms with Crippen molar-refractivity contribution >= 4 is 10.0 Å². The van der Waals surface area contributed by atoms with Gasteiger partial charge in [0.15, 0.2) is 0 Å². The van der Waals surface area contributed by atoms with E-state index in [4.69, 9.17) is 4.74 Å². The van der Waals surface area contributed by atoms with Crippen molar-refractivity contribution in [2.75, 3.05) is 27.2 Å². The van der Waals surface area contributed by atoms with Crippen LogP contribution in [-0.2, 0) is 10.0 Å². The van der Waals surface area contributed by atoms with Crippen molar-refractivity contribution < 1.29 is 13.2 Å². The Hall–Kier alpha value is -1.11. The fraction of sp³-hybridized carbons (Fsp3) is 0.538. The van der Waals surface area contributed by atoms with Gasteiger partial charge >= 0.3 is 0 Å². The number of rotatable bonds is 7. The maximum atomic E-state index is 11.9.